The Morgan fingerprint density at radius 1 is 1.35 bits per heavy atom. The van der Waals surface area contributed by atoms with Gasteiger partial charge < -0.3 is 10.6 Å². The number of rotatable bonds is 4. The lowest BCUT2D eigenvalue weighted by Crippen LogP contribution is -2.39. The van der Waals surface area contributed by atoms with Gasteiger partial charge in [-0.3, -0.25) is 4.79 Å². The van der Waals surface area contributed by atoms with Crippen LogP contribution in [0.25, 0.3) is 0 Å². The van der Waals surface area contributed by atoms with Gasteiger partial charge in [0.2, 0.25) is 5.91 Å². The van der Waals surface area contributed by atoms with E-state index in [0.29, 0.717) is 11.8 Å². The molecule has 1 aliphatic carbocycles. The van der Waals surface area contributed by atoms with E-state index < -0.39 is 0 Å². The molecule has 110 valence electrons. The number of hydrogen-bond donors (Lipinski definition) is 1. The largest absolute Gasteiger partial charge is 0.399 e. The average Bonchev–Trinajstić information content (AvgIpc) is 2.48. The number of nitrogen functional groups attached to an aromatic ring is 1. The molecule has 0 aromatic heterocycles. The van der Waals surface area contributed by atoms with Gasteiger partial charge in [0.25, 0.3) is 0 Å². The summed E-state index contributed by atoms with van der Waals surface area (Å²) in [5.74, 6) is 0.743. The summed E-state index contributed by atoms with van der Waals surface area (Å²) in [7, 11) is 1.95. The van der Waals surface area contributed by atoms with Crippen molar-refractivity contribution in [2.75, 3.05) is 18.5 Å². The molecule has 0 heterocycles. The van der Waals surface area contributed by atoms with Crippen LogP contribution in [0.1, 0.15) is 37.7 Å². The van der Waals surface area contributed by atoms with Crippen molar-refractivity contribution in [3.63, 3.8) is 0 Å². The lowest BCUT2D eigenvalue weighted by Gasteiger charge is -2.31. The molecule has 0 radical (unpaired) electrons. The third-order valence-electron chi connectivity index (χ3n) is 4.12. The maximum atomic E-state index is 12.2. The number of aryl methyl sites for hydroxylation is 1. The highest BCUT2D eigenvalue weighted by Gasteiger charge is 2.21. The van der Waals surface area contributed by atoms with Crippen LogP contribution in [0, 0.1) is 6.92 Å². The summed E-state index contributed by atoms with van der Waals surface area (Å²) in [6.45, 7) is 2.00. The molecule has 0 saturated heterocycles. The molecule has 1 saturated carbocycles. The van der Waals surface area contributed by atoms with Crippen LogP contribution in [0.5, 0.6) is 0 Å². The molecule has 20 heavy (non-hydrogen) atoms. The van der Waals surface area contributed by atoms with E-state index in [1.807, 2.05) is 37.1 Å². The summed E-state index contributed by atoms with van der Waals surface area (Å²) in [5, 5.41) is 0. The van der Waals surface area contributed by atoms with E-state index in [1.165, 1.54) is 19.3 Å². The zero-order valence-electron chi connectivity index (χ0n) is 12.4. The van der Waals surface area contributed by atoms with Crippen molar-refractivity contribution in [1.29, 1.82) is 0 Å². The van der Waals surface area contributed by atoms with Crippen molar-refractivity contribution < 1.29 is 4.79 Å². The van der Waals surface area contributed by atoms with Crippen molar-refractivity contribution >= 4 is 23.4 Å². The number of nitrogens with two attached hydrogens (primary N) is 1. The Balaban J connectivity index is 1.86. The van der Waals surface area contributed by atoms with Crippen molar-refractivity contribution in [3.05, 3.63) is 23.8 Å². The minimum absolute atomic E-state index is 0.233. The lowest BCUT2D eigenvalue weighted by atomic mass is 9.94. The molecule has 1 aromatic rings. The normalized spacial score (nSPS) is 16.1. The Labute approximate surface area is 125 Å². The van der Waals surface area contributed by atoms with Crippen LogP contribution in [-0.2, 0) is 4.79 Å². The van der Waals surface area contributed by atoms with E-state index in [4.69, 9.17) is 5.73 Å². The van der Waals surface area contributed by atoms with Gasteiger partial charge in [0.05, 0.1) is 5.75 Å². The fraction of sp³-hybridized carbons (Fsp3) is 0.562. The number of thioether (sulfide) groups is 1. The Kier molecular flexibility index (Phi) is 5.35. The van der Waals surface area contributed by atoms with E-state index in [-0.39, 0.29) is 5.91 Å². The van der Waals surface area contributed by atoms with Gasteiger partial charge in [-0.25, -0.2) is 0 Å². The standard InChI is InChI=1S/C16H24N2OS/c1-12-10-14(8-9-15(12)17)20-11-16(19)18(2)13-6-4-3-5-7-13/h8-10,13H,3-7,11,17H2,1-2H3. The summed E-state index contributed by atoms with van der Waals surface area (Å²) in [5.41, 5.74) is 7.68. The third kappa shape index (κ3) is 3.92. The molecule has 2 N–H and O–H groups in total. The summed E-state index contributed by atoms with van der Waals surface area (Å²) in [6.07, 6.45) is 6.15. The molecule has 0 spiro atoms. The van der Waals surface area contributed by atoms with Crippen LogP contribution in [-0.4, -0.2) is 29.6 Å². The molecule has 3 nitrogen and oxygen atoms in total. The monoisotopic (exact) mass is 292 g/mol. The fourth-order valence-corrected chi connectivity index (χ4v) is 3.57. The van der Waals surface area contributed by atoms with Crippen LogP contribution in [0.2, 0.25) is 0 Å². The zero-order chi connectivity index (χ0) is 14.5. The van der Waals surface area contributed by atoms with Gasteiger partial charge in [-0.05, 0) is 43.5 Å². The predicted octanol–water partition coefficient (Wildman–Crippen LogP) is 3.46. The van der Waals surface area contributed by atoms with Crippen LogP contribution in [0.3, 0.4) is 0 Å². The SMILES string of the molecule is Cc1cc(SCC(=O)N(C)C2CCCCC2)ccc1N. The Bertz CT molecular complexity index is 470. The molecule has 0 bridgehead atoms. The maximum absolute atomic E-state index is 12.2. The van der Waals surface area contributed by atoms with Gasteiger partial charge >= 0.3 is 0 Å². The van der Waals surface area contributed by atoms with Crippen molar-refractivity contribution in [2.45, 2.75) is 50.0 Å². The quantitative estimate of drug-likeness (QED) is 0.683. The zero-order valence-corrected chi connectivity index (χ0v) is 13.2. The average molecular weight is 292 g/mol. The second-order valence-electron chi connectivity index (χ2n) is 5.60. The Morgan fingerprint density at radius 2 is 2.05 bits per heavy atom. The minimum Gasteiger partial charge on any atom is -0.399 e. The first-order chi connectivity index (χ1) is 9.58. The highest BCUT2D eigenvalue weighted by molar-refractivity contribution is 8.00. The molecule has 0 atom stereocenters. The van der Waals surface area contributed by atoms with Crippen LogP contribution in [0.15, 0.2) is 23.1 Å². The summed E-state index contributed by atoms with van der Waals surface area (Å²) in [4.78, 5) is 15.3. The second-order valence-corrected chi connectivity index (χ2v) is 6.65. The number of hydrogen-bond acceptors (Lipinski definition) is 3. The third-order valence-corrected chi connectivity index (χ3v) is 5.10. The number of carbonyl (C=O) groups is 1. The molecule has 0 aliphatic heterocycles. The van der Waals surface area contributed by atoms with Gasteiger partial charge in [-0.15, -0.1) is 11.8 Å². The van der Waals surface area contributed by atoms with Gasteiger partial charge in [0.1, 0.15) is 0 Å². The molecule has 1 fully saturated rings. The van der Waals surface area contributed by atoms with Crippen molar-refractivity contribution in [1.82, 2.24) is 4.90 Å². The molecule has 1 aliphatic rings. The van der Waals surface area contributed by atoms with E-state index >= 15 is 0 Å². The number of carbonyl (C=O) groups excluding carboxylic acids is 1. The lowest BCUT2D eigenvalue weighted by molar-refractivity contribution is -0.129. The number of benzene rings is 1. The molecule has 1 aromatic carbocycles. The highest BCUT2D eigenvalue weighted by atomic mass is 32.2. The van der Waals surface area contributed by atoms with Gasteiger partial charge in [0, 0.05) is 23.7 Å². The van der Waals surface area contributed by atoms with Crippen LogP contribution < -0.4 is 5.73 Å². The van der Waals surface area contributed by atoms with E-state index in [1.54, 1.807) is 11.8 Å². The highest BCUT2D eigenvalue weighted by Crippen LogP contribution is 2.25. The van der Waals surface area contributed by atoms with E-state index in [2.05, 4.69) is 0 Å². The first-order valence-electron chi connectivity index (χ1n) is 7.32. The predicted molar refractivity (Wildman–Crippen MR) is 86.0 cm³/mol. The number of nitrogens with zero attached hydrogens (tertiary/aromatic N) is 1. The molecule has 2 rings (SSSR count). The maximum Gasteiger partial charge on any atom is 0.232 e. The first kappa shape index (κ1) is 15.2. The van der Waals surface area contributed by atoms with Gasteiger partial charge in [-0.2, -0.15) is 0 Å². The van der Waals surface area contributed by atoms with E-state index in [9.17, 15) is 4.79 Å². The van der Waals surface area contributed by atoms with Crippen molar-refractivity contribution in [3.8, 4) is 0 Å². The van der Waals surface area contributed by atoms with E-state index in [0.717, 1.165) is 29.0 Å². The summed E-state index contributed by atoms with van der Waals surface area (Å²) in [6, 6.07) is 6.40. The fourth-order valence-electron chi connectivity index (χ4n) is 2.66. The topological polar surface area (TPSA) is 46.3 Å². The molecular weight excluding hydrogens is 268 g/mol. The smallest absolute Gasteiger partial charge is 0.232 e. The minimum atomic E-state index is 0.233. The molecular formula is C16H24N2OS. The molecule has 1 amide bonds. The number of anilines is 1. The Hall–Kier alpha value is -1.16. The first-order valence-corrected chi connectivity index (χ1v) is 8.31. The van der Waals surface area contributed by atoms with Crippen LogP contribution >= 0.6 is 11.8 Å². The Morgan fingerprint density at radius 3 is 2.70 bits per heavy atom. The van der Waals surface area contributed by atoms with Gasteiger partial charge in [-0.1, -0.05) is 19.3 Å². The molecule has 4 heteroatoms. The number of amides is 1. The van der Waals surface area contributed by atoms with Crippen LogP contribution in [0.4, 0.5) is 5.69 Å². The summed E-state index contributed by atoms with van der Waals surface area (Å²) >= 11 is 1.60. The van der Waals surface area contributed by atoms with Crippen molar-refractivity contribution in [2.24, 2.45) is 0 Å². The van der Waals surface area contributed by atoms with Gasteiger partial charge in [0.15, 0.2) is 0 Å². The summed E-state index contributed by atoms with van der Waals surface area (Å²) < 4.78 is 0. The molecule has 0 unspecified atom stereocenters. The second kappa shape index (κ2) is 7.02.